The van der Waals surface area contributed by atoms with Gasteiger partial charge in [0, 0.05) is 75.9 Å². The zero-order chi connectivity index (χ0) is 57.7. The van der Waals surface area contributed by atoms with Crippen LogP contribution in [-0.2, 0) is 31.1 Å². The van der Waals surface area contributed by atoms with Gasteiger partial charge in [-0.25, -0.2) is 9.48 Å². The lowest BCUT2D eigenvalue weighted by Crippen LogP contribution is -2.64. The Kier molecular flexibility index (Phi) is 20.7. The van der Waals surface area contributed by atoms with Crippen LogP contribution in [0.4, 0.5) is 31.1 Å². The van der Waals surface area contributed by atoms with Crippen LogP contribution < -0.4 is 20.7 Å². The lowest BCUT2D eigenvalue weighted by atomic mass is 9.91. The fourth-order valence-electron chi connectivity index (χ4n) is 9.53. The van der Waals surface area contributed by atoms with Gasteiger partial charge in [-0.05, 0) is 76.4 Å². The van der Waals surface area contributed by atoms with Crippen molar-refractivity contribution in [1.82, 2.24) is 50.3 Å². The van der Waals surface area contributed by atoms with E-state index < -0.39 is 96.6 Å². The van der Waals surface area contributed by atoms with Crippen LogP contribution in [0.3, 0.4) is 0 Å². The van der Waals surface area contributed by atoms with E-state index in [9.17, 15) is 55.7 Å². The highest BCUT2D eigenvalue weighted by molar-refractivity contribution is 5.86. The molecule has 2 fully saturated rings. The van der Waals surface area contributed by atoms with E-state index in [1.807, 2.05) is 78.0 Å². The second-order valence-corrected chi connectivity index (χ2v) is 20.4. The van der Waals surface area contributed by atoms with Gasteiger partial charge in [0.25, 0.3) is 0 Å². The zero-order valence-corrected chi connectivity index (χ0v) is 44.4. The Morgan fingerprint density at radius 1 is 0.873 bits per heavy atom. The number of aliphatic hydroxyl groups excluding tert-OH is 2. The molecule has 2 saturated heterocycles. The fourth-order valence-corrected chi connectivity index (χ4v) is 9.53. The number of halogens is 6. The molecule has 0 unspecified atom stereocenters. The number of terminal acetylenes is 1. The van der Waals surface area contributed by atoms with Crippen molar-refractivity contribution in [3.63, 3.8) is 0 Å². The first-order chi connectivity index (χ1) is 37.3. The van der Waals surface area contributed by atoms with Crippen molar-refractivity contribution in [2.45, 2.75) is 94.3 Å². The Bertz CT molecular complexity index is 2720. The van der Waals surface area contributed by atoms with E-state index in [0.717, 1.165) is 21.8 Å². The molecule has 7 rings (SSSR count). The number of β-amino-alcohol motifs (C(OH)–C–C–N with tert-alkyl or cyclic N) is 1. The van der Waals surface area contributed by atoms with Crippen LogP contribution >= 0.6 is 0 Å². The maximum Gasteiger partial charge on any atom is 0.410 e. The van der Waals surface area contributed by atoms with Gasteiger partial charge in [0.2, 0.25) is 17.7 Å². The SMILES string of the molecule is C#CC(C)(C)N1CCN(C(=O)OCC=C)[C@H](C(=O)NCC(F)(F)F)C1.CC(C)(c1ccn(-c2ccccc2)n1)N1CCN(C[C@@H](O)C[C@@H](Cc2cccnc2)C(=O)N[C@H]2c3ccccc3OC[C@H]2O)[C@H](C(=O)NCC(F)(F)F)C1. The summed E-state index contributed by atoms with van der Waals surface area (Å²) in [5.41, 5.74) is 1.56. The number of ether oxygens (including phenoxy) is 2. The topological polar surface area (TPSA) is 207 Å². The zero-order valence-electron chi connectivity index (χ0n) is 44.4. The molecule has 0 aliphatic carbocycles. The minimum atomic E-state index is -4.61. The molecule has 5 N–H and O–H groups in total. The van der Waals surface area contributed by atoms with Gasteiger partial charge in [-0.3, -0.25) is 39.0 Å². The minimum Gasteiger partial charge on any atom is -0.490 e. The highest BCUT2D eigenvalue weighted by Crippen LogP contribution is 2.34. The van der Waals surface area contributed by atoms with Crippen molar-refractivity contribution in [3.05, 3.63) is 121 Å². The van der Waals surface area contributed by atoms with E-state index in [2.05, 4.69) is 22.8 Å². The highest BCUT2D eigenvalue weighted by Gasteiger charge is 2.44. The number of carbonyl (C=O) groups excluding carboxylic acids is 4. The molecule has 0 bridgehead atoms. The van der Waals surface area contributed by atoms with Gasteiger partial charge < -0.3 is 35.6 Å². The number of hydrogen-bond donors (Lipinski definition) is 5. The molecule has 428 valence electrons. The summed E-state index contributed by atoms with van der Waals surface area (Å²) in [6.45, 7) is 8.96. The highest BCUT2D eigenvalue weighted by atomic mass is 19.4. The minimum absolute atomic E-state index is 0.00405. The monoisotopic (exact) mass is 1110 g/mol. The van der Waals surface area contributed by atoms with E-state index >= 15 is 0 Å². The van der Waals surface area contributed by atoms with Gasteiger partial charge in [-0.2, -0.15) is 31.4 Å². The van der Waals surface area contributed by atoms with Gasteiger partial charge in [-0.1, -0.05) is 61.0 Å². The van der Waals surface area contributed by atoms with Gasteiger partial charge in [0.15, 0.2) is 0 Å². The second kappa shape index (κ2) is 26.7. The van der Waals surface area contributed by atoms with Crippen LogP contribution in [0.5, 0.6) is 5.75 Å². The third kappa shape index (κ3) is 17.0. The largest absolute Gasteiger partial charge is 0.490 e. The third-order valence-corrected chi connectivity index (χ3v) is 14.1. The van der Waals surface area contributed by atoms with Crippen LogP contribution in [0.2, 0.25) is 0 Å². The molecule has 6 atom stereocenters. The van der Waals surface area contributed by atoms with Crippen molar-refractivity contribution in [3.8, 4) is 23.8 Å². The average Bonchev–Trinajstić information content (AvgIpc) is 4.04. The number of benzene rings is 2. The first kappa shape index (κ1) is 61.2. The molecule has 2 aromatic carbocycles. The van der Waals surface area contributed by atoms with Crippen LogP contribution in [0.25, 0.3) is 5.69 Å². The molecule has 2 aromatic heterocycles. The molecule has 4 amide bonds. The Hall–Kier alpha value is -7.04. The smallest absolute Gasteiger partial charge is 0.410 e. The van der Waals surface area contributed by atoms with E-state index in [1.54, 1.807) is 71.1 Å². The van der Waals surface area contributed by atoms with E-state index in [0.29, 0.717) is 24.4 Å². The first-order valence-corrected chi connectivity index (χ1v) is 25.6. The van der Waals surface area contributed by atoms with Crippen molar-refractivity contribution >= 4 is 23.8 Å². The summed E-state index contributed by atoms with van der Waals surface area (Å²) < 4.78 is 89.1. The van der Waals surface area contributed by atoms with Crippen molar-refractivity contribution in [1.29, 1.82) is 0 Å². The van der Waals surface area contributed by atoms with Crippen molar-refractivity contribution in [2.24, 2.45) is 5.92 Å². The quantitative estimate of drug-likeness (QED) is 0.0518. The maximum atomic E-state index is 13.9. The van der Waals surface area contributed by atoms with Gasteiger partial charge in [0.1, 0.15) is 50.2 Å². The Labute approximate surface area is 455 Å². The summed E-state index contributed by atoms with van der Waals surface area (Å²) in [6, 6.07) is 19.2. The number of carbonyl (C=O) groups is 4. The normalized spacial score (nSPS) is 20.2. The number of para-hydroxylation sites is 2. The van der Waals surface area contributed by atoms with E-state index in [-0.39, 0.29) is 58.8 Å². The number of amides is 4. The number of piperazine rings is 2. The number of pyridine rings is 1. The number of aromatic nitrogens is 3. The molecular weight excluding hydrogens is 1040 g/mol. The third-order valence-electron chi connectivity index (χ3n) is 14.1. The van der Waals surface area contributed by atoms with E-state index in [1.165, 1.54) is 6.08 Å². The van der Waals surface area contributed by atoms with Crippen molar-refractivity contribution < 1.29 is 65.2 Å². The number of rotatable bonds is 18. The van der Waals surface area contributed by atoms with Crippen LogP contribution in [0.1, 0.15) is 57.0 Å². The first-order valence-electron chi connectivity index (χ1n) is 25.6. The molecule has 5 heterocycles. The van der Waals surface area contributed by atoms with E-state index in [4.69, 9.17) is 21.0 Å². The summed E-state index contributed by atoms with van der Waals surface area (Å²) in [5, 5.41) is 33.9. The molecule has 79 heavy (non-hydrogen) atoms. The predicted octanol–water partition coefficient (Wildman–Crippen LogP) is 4.77. The Morgan fingerprint density at radius 3 is 2.16 bits per heavy atom. The Balaban J connectivity index is 0.000000339. The molecule has 24 heteroatoms. The molecule has 3 aliphatic heterocycles. The maximum absolute atomic E-state index is 13.9. The standard InChI is InChI=1S/C39H46F3N7O5.C16H22F3N3O3/c1-38(2,34-14-16-49(46-34)28-10-4-3-5-11-28)48-18-17-47(31(23-48)37(53)44-25-39(40,41)42)22-29(50)20-27(19-26-9-8-15-43-21-26)36(52)45-35-30-12-6-7-13-33(30)54-24-32(35)51;1-5-9-25-14(24)22-8-7-21(15(3,4)6-2)10-12(22)13(23)20-11-16(17,18)19/h3-16,21,27,29,31-32,35,50-51H,17-20,22-25H2,1-2H3,(H,44,53)(H,45,52);2,5,12H,1,7-11H2,3-4H3,(H,20,23)/t27-,29+,31+,32-,35+;12-/m10/s1. The number of aliphatic hydroxyl groups is 2. The molecule has 0 spiro atoms. The molecule has 4 aromatic rings. The number of alkyl halides is 6. The summed E-state index contributed by atoms with van der Waals surface area (Å²) in [4.78, 5) is 62.5. The number of fused-ring (bicyclic) bond motifs is 1. The second-order valence-electron chi connectivity index (χ2n) is 20.4. The average molecular weight is 1110 g/mol. The lowest BCUT2D eigenvalue weighted by Gasteiger charge is -2.47. The summed E-state index contributed by atoms with van der Waals surface area (Å²) >= 11 is 0. The number of hydrogen-bond acceptors (Lipinski definition) is 13. The molecule has 0 saturated carbocycles. The van der Waals surface area contributed by atoms with Crippen LogP contribution in [0, 0.1) is 18.3 Å². The Morgan fingerprint density at radius 2 is 1.52 bits per heavy atom. The number of nitrogens with one attached hydrogen (secondary N) is 3. The lowest BCUT2D eigenvalue weighted by molar-refractivity contribution is -0.144. The van der Waals surface area contributed by atoms with Crippen LogP contribution in [-0.4, -0.2) is 183 Å². The molecule has 18 nitrogen and oxygen atoms in total. The summed E-state index contributed by atoms with van der Waals surface area (Å²) in [6.07, 6.45) is 0.0423. The van der Waals surface area contributed by atoms with Crippen LogP contribution in [0.15, 0.2) is 104 Å². The van der Waals surface area contributed by atoms with Gasteiger partial charge >= 0.3 is 18.4 Å². The summed E-state index contributed by atoms with van der Waals surface area (Å²) in [7, 11) is 0. The fraction of sp³-hybridized carbons (Fsp3) is 0.491. The van der Waals surface area contributed by atoms with Gasteiger partial charge in [0.05, 0.1) is 34.6 Å². The van der Waals surface area contributed by atoms with Crippen molar-refractivity contribution in [2.75, 3.05) is 72.1 Å². The summed E-state index contributed by atoms with van der Waals surface area (Å²) in [5.74, 6) is 0.223. The number of nitrogens with zero attached hydrogens (tertiary/aromatic N) is 7. The molecular formula is C55H68F6N10O8. The van der Waals surface area contributed by atoms with Gasteiger partial charge in [-0.15, -0.1) is 6.42 Å². The molecule has 0 radical (unpaired) electrons. The molecule has 3 aliphatic rings. The predicted molar refractivity (Wildman–Crippen MR) is 279 cm³/mol.